The Morgan fingerprint density at radius 1 is 1.22 bits per heavy atom. The third-order valence-electron chi connectivity index (χ3n) is 6.33. The third-order valence-corrected chi connectivity index (χ3v) is 7.39. The van der Waals surface area contributed by atoms with Crippen LogP contribution in [0, 0.1) is 0 Å². The average Bonchev–Trinajstić information content (AvgIpc) is 3.29. The smallest absolute Gasteiger partial charge is 0.338 e. The number of carbonyl (C=O) groups excluding carboxylic acids is 5. The van der Waals surface area contributed by atoms with Gasteiger partial charge in [0, 0.05) is 29.7 Å². The Labute approximate surface area is 237 Å². The fourth-order valence-electron chi connectivity index (χ4n) is 4.27. The van der Waals surface area contributed by atoms with Crippen molar-refractivity contribution in [1.29, 1.82) is 0 Å². The minimum atomic E-state index is -1.64. The number of amides is 4. The van der Waals surface area contributed by atoms with Crippen LogP contribution in [-0.2, 0) is 34.5 Å². The topological polar surface area (TPSA) is 258 Å². The lowest BCUT2D eigenvalue weighted by atomic mass is 10.1. The molecule has 0 unspecified atom stereocenters. The number of nitrogens with two attached hydrogens (primary N) is 1. The molecule has 9 N–H and O–H groups in total. The van der Waals surface area contributed by atoms with Crippen LogP contribution < -0.4 is 21.7 Å². The lowest BCUT2D eigenvalue weighted by Crippen LogP contribution is -2.60. The van der Waals surface area contributed by atoms with Gasteiger partial charge in [0.2, 0.25) is 23.6 Å². The number of carboxylic acid groups (broad SMARTS) is 1. The zero-order chi connectivity index (χ0) is 30.4. The van der Waals surface area contributed by atoms with E-state index in [2.05, 4.69) is 16.0 Å². The van der Waals surface area contributed by atoms with Crippen molar-refractivity contribution in [2.24, 2.45) is 5.73 Å². The van der Waals surface area contributed by atoms with E-state index >= 15 is 0 Å². The maximum atomic E-state index is 13.2. The van der Waals surface area contributed by atoms with Gasteiger partial charge in [-0.25, -0.2) is 4.79 Å². The zero-order valence-corrected chi connectivity index (χ0v) is 22.7. The maximum absolute atomic E-state index is 13.2. The first kappa shape index (κ1) is 31.4. The predicted molar refractivity (Wildman–Crippen MR) is 140 cm³/mol. The Kier molecular flexibility index (Phi) is 10.4. The van der Waals surface area contributed by atoms with Crippen molar-refractivity contribution in [2.45, 2.75) is 49.4 Å². The van der Waals surface area contributed by atoms with Crippen molar-refractivity contribution < 1.29 is 53.9 Å². The molecule has 0 saturated carbocycles. The summed E-state index contributed by atoms with van der Waals surface area (Å²) >= 11 is 0.998. The van der Waals surface area contributed by atoms with Gasteiger partial charge in [-0.15, -0.1) is 0 Å². The summed E-state index contributed by atoms with van der Waals surface area (Å²) in [5, 5.41) is 46.4. The highest BCUT2D eigenvalue weighted by Gasteiger charge is 2.43. The van der Waals surface area contributed by atoms with Gasteiger partial charge in [-0.3, -0.25) is 24.0 Å². The molecule has 224 valence electrons. The van der Waals surface area contributed by atoms with Gasteiger partial charge in [-0.1, -0.05) is 0 Å². The number of hydrogen-bond donors (Lipinski definition) is 8. The molecule has 0 spiro atoms. The van der Waals surface area contributed by atoms with Crippen molar-refractivity contribution >= 4 is 47.3 Å². The van der Waals surface area contributed by atoms with Crippen molar-refractivity contribution in [2.75, 3.05) is 25.4 Å². The van der Waals surface area contributed by atoms with Gasteiger partial charge >= 0.3 is 11.9 Å². The van der Waals surface area contributed by atoms with Gasteiger partial charge in [0.05, 0.1) is 17.7 Å². The van der Waals surface area contributed by atoms with Gasteiger partial charge < -0.3 is 51.7 Å². The van der Waals surface area contributed by atoms with Crippen molar-refractivity contribution in [3.05, 3.63) is 23.3 Å². The van der Waals surface area contributed by atoms with Gasteiger partial charge in [0.1, 0.15) is 42.8 Å². The third kappa shape index (κ3) is 7.77. The molecule has 0 aliphatic carbocycles. The van der Waals surface area contributed by atoms with E-state index in [1.54, 1.807) is 0 Å². The normalized spacial score (nSPS) is 24.0. The summed E-state index contributed by atoms with van der Waals surface area (Å²) in [7, 11) is 0. The molecule has 0 aromatic heterocycles. The fourth-order valence-corrected chi connectivity index (χ4v) is 5.37. The van der Waals surface area contributed by atoms with Crippen LogP contribution >= 0.6 is 11.8 Å². The van der Waals surface area contributed by atoms with Crippen LogP contribution in [0.5, 0.6) is 11.5 Å². The number of hydrogen-bond acceptors (Lipinski definition) is 12. The molecule has 0 radical (unpaired) electrons. The molecule has 2 heterocycles. The number of aliphatic hydroxyl groups excluding tert-OH is 1. The molecule has 1 aromatic rings. The molecular formula is C24H31N5O11S. The first-order chi connectivity index (χ1) is 19.3. The maximum Gasteiger partial charge on any atom is 0.338 e. The second-order valence-corrected chi connectivity index (χ2v) is 10.5. The summed E-state index contributed by atoms with van der Waals surface area (Å²) < 4.78 is 5.22. The predicted octanol–water partition coefficient (Wildman–Crippen LogP) is -3.02. The number of ether oxygens (including phenoxy) is 1. The van der Waals surface area contributed by atoms with Crippen LogP contribution in [-0.4, -0.2) is 117 Å². The number of nitrogens with one attached hydrogen (secondary N) is 3. The molecule has 1 fully saturated rings. The standard InChI is InChI=1S/C24H31N5O11S/c1-10(25)23(38)29-3-2-16(31)19(29)22(37)27-14-7-40-24(39)12-4-11(30)5-17(32)13(12)8-41-9-15(28-21(14)36)20(35)26-6-18(33)34/h4-5,10,14-16,19,30-32H,2-3,6-9,25H2,1H3,(H,26,35)(H,27,37)(H,28,36)(H,33,34)/t10-,14+,15-,16+,19-/m0/s1. The number of nitrogens with zero attached hydrogens (tertiary/aromatic N) is 1. The Morgan fingerprint density at radius 2 is 1.93 bits per heavy atom. The number of esters is 1. The highest BCUT2D eigenvalue weighted by molar-refractivity contribution is 7.98. The van der Waals surface area contributed by atoms with E-state index < -0.39 is 90.5 Å². The molecule has 2 aliphatic heterocycles. The molecule has 41 heavy (non-hydrogen) atoms. The van der Waals surface area contributed by atoms with Crippen molar-refractivity contribution in [1.82, 2.24) is 20.9 Å². The van der Waals surface area contributed by atoms with Crippen molar-refractivity contribution in [3.8, 4) is 11.5 Å². The van der Waals surface area contributed by atoms with Crippen molar-refractivity contribution in [3.63, 3.8) is 0 Å². The summed E-state index contributed by atoms with van der Waals surface area (Å²) in [5.41, 5.74) is 5.49. The Morgan fingerprint density at radius 3 is 2.59 bits per heavy atom. The number of carboxylic acids is 1. The molecular weight excluding hydrogens is 566 g/mol. The van der Waals surface area contributed by atoms with Crippen LogP contribution in [0.2, 0.25) is 0 Å². The minimum absolute atomic E-state index is 0.0261. The van der Waals surface area contributed by atoms with Gasteiger partial charge in [-0.05, 0) is 19.4 Å². The second-order valence-electron chi connectivity index (χ2n) is 9.46. The van der Waals surface area contributed by atoms with E-state index in [4.69, 9.17) is 15.6 Å². The average molecular weight is 598 g/mol. The highest BCUT2D eigenvalue weighted by atomic mass is 32.2. The summed E-state index contributed by atoms with van der Waals surface area (Å²) in [4.78, 5) is 76.5. The Bertz CT molecular complexity index is 1230. The molecule has 1 saturated heterocycles. The van der Waals surface area contributed by atoms with Gasteiger partial charge in [0.25, 0.3) is 0 Å². The first-order valence-corrected chi connectivity index (χ1v) is 13.6. The van der Waals surface area contributed by atoms with Gasteiger partial charge in [0.15, 0.2) is 0 Å². The van der Waals surface area contributed by atoms with Crippen LogP contribution in [0.4, 0.5) is 0 Å². The highest BCUT2D eigenvalue weighted by Crippen LogP contribution is 2.31. The van der Waals surface area contributed by atoms with Crippen LogP contribution in [0.25, 0.3) is 0 Å². The molecule has 0 bridgehead atoms. The Balaban J connectivity index is 1.92. The van der Waals surface area contributed by atoms with Crippen LogP contribution in [0.1, 0.15) is 29.3 Å². The largest absolute Gasteiger partial charge is 0.508 e. The fraction of sp³-hybridized carbons (Fsp3) is 0.500. The number of benzene rings is 1. The number of fused-ring (bicyclic) bond motifs is 1. The lowest BCUT2D eigenvalue weighted by Gasteiger charge is -2.29. The van der Waals surface area contributed by atoms with Gasteiger partial charge in [-0.2, -0.15) is 11.8 Å². The van der Waals surface area contributed by atoms with E-state index in [-0.39, 0.29) is 35.6 Å². The lowest BCUT2D eigenvalue weighted by molar-refractivity contribution is -0.142. The van der Waals surface area contributed by atoms with E-state index in [0.717, 1.165) is 28.8 Å². The van der Waals surface area contributed by atoms with E-state index in [9.17, 15) is 44.1 Å². The quantitative estimate of drug-likeness (QED) is 0.152. The number of aliphatic carboxylic acids is 1. The number of phenolic OH excluding ortho intramolecular Hbond substituents is 2. The summed E-state index contributed by atoms with van der Waals surface area (Å²) in [5.74, 6) is -6.87. The number of aliphatic hydroxyl groups is 1. The molecule has 2 aliphatic rings. The number of thioether (sulfide) groups is 1. The summed E-state index contributed by atoms with van der Waals surface area (Å²) in [6.45, 7) is -0.0898. The number of cyclic esters (lactones) is 1. The molecule has 17 heteroatoms. The summed E-state index contributed by atoms with van der Waals surface area (Å²) in [6.07, 6.45) is -1.21. The SMILES string of the molecule is C[C@H](N)C(=O)N1CC[C@@H](O)[C@H]1C(=O)N[C@@H]1COC(=O)c2cc(O)cc(O)c2CSC[C@@H](C(=O)NCC(=O)O)NC1=O. The molecule has 16 nitrogen and oxygen atoms in total. The molecule has 5 atom stereocenters. The molecule has 4 amide bonds. The zero-order valence-electron chi connectivity index (χ0n) is 21.9. The monoisotopic (exact) mass is 597 g/mol. The number of carbonyl (C=O) groups is 6. The van der Waals surface area contributed by atoms with E-state index in [1.807, 2.05) is 0 Å². The molecule has 1 aromatic carbocycles. The number of aromatic hydroxyl groups is 2. The first-order valence-electron chi connectivity index (χ1n) is 12.4. The number of likely N-dealkylation sites (tertiary alicyclic amines) is 1. The summed E-state index contributed by atoms with van der Waals surface area (Å²) in [6, 6.07) is -3.30. The van der Waals surface area contributed by atoms with E-state index in [1.165, 1.54) is 6.92 Å². The van der Waals surface area contributed by atoms with E-state index in [0.29, 0.717) is 0 Å². The second kappa shape index (κ2) is 13.5. The van der Waals surface area contributed by atoms with Crippen LogP contribution in [0.3, 0.4) is 0 Å². The van der Waals surface area contributed by atoms with Crippen LogP contribution in [0.15, 0.2) is 12.1 Å². The molecule has 3 rings (SSSR count). The number of rotatable bonds is 6. The minimum Gasteiger partial charge on any atom is -0.508 e. The Hall–Kier alpha value is -4.09. The number of phenols is 2.